The van der Waals surface area contributed by atoms with E-state index < -0.39 is 0 Å². The maximum Gasteiger partial charge on any atom is 0.254 e. The Balaban J connectivity index is 1.44. The molecule has 1 fully saturated rings. The highest BCUT2D eigenvalue weighted by atomic mass is 16.2. The van der Waals surface area contributed by atoms with E-state index in [1.807, 2.05) is 12.1 Å². The third-order valence-electron chi connectivity index (χ3n) is 5.30. The number of nitrogens with zero attached hydrogens (tertiary/aromatic N) is 1. The van der Waals surface area contributed by atoms with Gasteiger partial charge < -0.3 is 15.5 Å². The smallest absolute Gasteiger partial charge is 0.254 e. The van der Waals surface area contributed by atoms with Gasteiger partial charge in [0.1, 0.15) is 0 Å². The number of piperazine rings is 1. The molecule has 1 saturated heterocycles. The number of aryl methyl sites for hydroxylation is 1. The Morgan fingerprint density at radius 1 is 1.03 bits per heavy atom. The Bertz CT molecular complexity index is 889. The Morgan fingerprint density at radius 2 is 1.70 bits per heavy atom. The quantitative estimate of drug-likeness (QED) is 0.741. The van der Waals surface area contributed by atoms with Crippen LogP contribution in [0.3, 0.4) is 0 Å². The van der Waals surface area contributed by atoms with Gasteiger partial charge in [-0.2, -0.15) is 0 Å². The molecule has 1 aliphatic heterocycles. The molecule has 2 aromatic carbocycles. The summed E-state index contributed by atoms with van der Waals surface area (Å²) in [7, 11) is 0. The summed E-state index contributed by atoms with van der Waals surface area (Å²) < 4.78 is 0. The van der Waals surface area contributed by atoms with Crippen LogP contribution in [0.4, 0.5) is 0 Å². The van der Waals surface area contributed by atoms with E-state index >= 15 is 0 Å². The molecule has 0 saturated carbocycles. The van der Waals surface area contributed by atoms with Crippen LogP contribution in [0, 0.1) is 0 Å². The van der Waals surface area contributed by atoms with E-state index in [1.54, 1.807) is 17.0 Å². The first-order chi connectivity index (χ1) is 14.4. The van der Waals surface area contributed by atoms with Gasteiger partial charge in [-0.1, -0.05) is 50.2 Å². The number of benzene rings is 2. The van der Waals surface area contributed by atoms with Gasteiger partial charge in [-0.15, -0.1) is 0 Å². The Labute approximate surface area is 177 Å². The summed E-state index contributed by atoms with van der Waals surface area (Å²) in [6.45, 7) is 5.84. The van der Waals surface area contributed by atoms with E-state index in [-0.39, 0.29) is 24.3 Å². The van der Waals surface area contributed by atoms with E-state index in [0.29, 0.717) is 44.0 Å². The van der Waals surface area contributed by atoms with Crippen molar-refractivity contribution >= 4 is 17.7 Å². The van der Waals surface area contributed by atoms with Crippen molar-refractivity contribution in [1.82, 2.24) is 15.5 Å². The fourth-order valence-electron chi connectivity index (χ4n) is 3.38. The summed E-state index contributed by atoms with van der Waals surface area (Å²) in [6, 6.07) is 15.6. The molecule has 2 N–H and O–H groups in total. The average molecular weight is 408 g/mol. The second-order valence-corrected chi connectivity index (χ2v) is 7.95. The lowest BCUT2D eigenvalue weighted by Gasteiger charge is -2.26. The van der Waals surface area contributed by atoms with E-state index in [2.05, 4.69) is 48.7 Å². The molecule has 30 heavy (non-hydrogen) atoms. The molecule has 0 spiro atoms. The normalized spacial score (nSPS) is 13.8. The highest BCUT2D eigenvalue weighted by molar-refractivity contribution is 5.97. The van der Waals surface area contributed by atoms with Crippen LogP contribution in [0.5, 0.6) is 0 Å². The monoisotopic (exact) mass is 407 g/mol. The zero-order valence-corrected chi connectivity index (χ0v) is 17.6. The van der Waals surface area contributed by atoms with Gasteiger partial charge in [-0.3, -0.25) is 14.4 Å². The van der Waals surface area contributed by atoms with E-state index in [9.17, 15) is 14.4 Å². The predicted molar refractivity (Wildman–Crippen MR) is 116 cm³/mol. The fraction of sp³-hybridized carbons (Fsp3) is 0.375. The van der Waals surface area contributed by atoms with Gasteiger partial charge in [-0.05, 0) is 41.2 Å². The molecular weight excluding hydrogens is 378 g/mol. The van der Waals surface area contributed by atoms with Crippen molar-refractivity contribution in [2.75, 3.05) is 19.6 Å². The van der Waals surface area contributed by atoms with Crippen molar-refractivity contribution in [3.05, 3.63) is 70.8 Å². The average Bonchev–Trinajstić information content (AvgIpc) is 2.76. The van der Waals surface area contributed by atoms with Crippen LogP contribution in [0.1, 0.15) is 53.2 Å². The van der Waals surface area contributed by atoms with Crippen LogP contribution in [-0.4, -0.2) is 42.3 Å². The molecule has 3 amide bonds. The molecule has 0 bridgehead atoms. The molecule has 6 nitrogen and oxygen atoms in total. The fourth-order valence-corrected chi connectivity index (χ4v) is 3.38. The third-order valence-corrected chi connectivity index (χ3v) is 5.30. The Kier molecular flexibility index (Phi) is 7.22. The van der Waals surface area contributed by atoms with Crippen molar-refractivity contribution in [2.45, 2.75) is 39.2 Å². The van der Waals surface area contributed by atoms with Crippen LogP contribution in [-0.2, 0) is 22.6 Å². The molecular formula is C24H29N3O3. The number of hydrogen-bond donors (Lipinski definition) is 2. The Morgan fingerprint density at radius 3 is 2.33 bits per heavy atom. The van der Waals surface area contributed by atoms with Gasteiger partial charge in [0.25, 0.3) is 5.91 Å². The van der Waals surface area contributed by atoms with Gasteiger partial charge in [0.05, 0.1) is 6.54 Å². The van der Waals surface area contributed by atoms with Gasteiger partial charge >= 0.3 is 0 Å². The molecule has 0 aromatic heterocycles. The molecule has 158 valence electrons. The molecule has 0 atom stereocenters. The van der Waals surface area contributed by atoms with E-state index in [4.69, 9.17) is 0 Å². The third kappa shape index (κ3) is 5.92. The Hall–Kier alpha value is -3.15. The lowest BCUT2D eigenvalue weighted by atomic mass is 10.0. The number of nitrogens with one attached hydrogen (secondary N) is 2. The van der Waals surface area contributed by atoms with Crippen molar-refractivity contribution in [1.29, 1.82) is 0 Å². The largest absolute Gasteiger partial charge is 0.353 e. The molecule has 3 rings (SSSR count). The van der Waals surface area contributed by atoms with Gasteiger partial charge in [0.15, 0.2) is 0 Å². The number of carbonyl (C=O) groups is 3. The van der Waals surface area contributed by atoms with Crippen LogP contribution in [0.25, 0.3) is 0 Å². The second kappa shape index (κ2) is 10.1. The van der Waals surface area contributed by atoms with Gasteiger partial charge in [-0.25, -0.2) is 0 Å². The molecule has 1 heterocycles. The molecule has 0 unspecified atom stereocenters. The second-order valence-electron chi connectivity index (χ2n) is 7.95. The minimum atomic E-state index is -0.149. The highest BCUT2D eigenvalue weighted by Crippen LogP contribution is 2.15. The van der Waals surface area contributed by atoms with Crippen LogP contribution < -0.4 is 10.6 Å². The molecule has 0 radical (unpaired) electrons. The van der Waals surface area contributed by atoms with Gasteiger partial charge in [0, 0.05) is 31.6 Å². The number of carbonyl (C=O) groups excluding carboxylic acids is 3. The molecule has 6 heteroatoms. The summed E-state index contributed by atoms with van der Waals surface area (Å²) in [5, 5.41) is 5.64. The minimum Gasteiger partial charge on any atom is -0.353 e. The zero-order chi connectivity index (χ0) is 21.5. The number of amides is 3. The summed E-state index contributed by atoms with van der Waals surface area (Å²) in [5.74, 6) is 0.222. The highest BCUT2D eigenvalue weighted by Gasteiger charge is 2.22. The minimum absolute atomic E-state index is 0.00224. The van der Waals surface area contributed by atoms with Crippen LogP contribution in [0.15, 0.2) is 48.5 Å². The molecule has 0 aliphatic carbocycles. The van der Waals surface area contributed by atoms with Crippen molar-refractivity contribution in [2.24, 2.45) is 0 Å². The molecule has 2 aromatic rings. The van der Waals surface area contributed by atoms with Gasteiger partial charge in [0.2, 0.25) is 11.8 Å². The first-order valence-corrected chi connectivity index (χ1v) is 10.4. The standard InChI is InChI=1S/C24H29N3O3/c1-17(2)20-8-3-18(4-9-20)7-12-22(28)26-15-19-5-10-21(11-6-19)24(30)27-14-13-25-23(29)16-27/h3-6,8-11,17H,7,12-16H2,1-2H3,(H,25,29)(H,26,28). The predicted octanol–water partition coefficient (Wildman–Crippen LogP) is 2.63. The van der Waals surface area contributed by atoms with E-state index in [0.717, 1.165) is 11.1 Å². The maximum atomic E-state index is 12.5. The lowest BCUT2D eigenvalue weighted by Crippen LogP contribution is -2.49. The number of hydrogen-bond acceptors (Lipinski definition) is 3. The number of rotatable bonds is 7. The first-order valence-electron chi connectivity index (χ1n) is 10.4. The summed E-state index contributed by atoms with van der Waals surface area (Å²) >= 11 is 0. The van der Waals surface area contributed by atoms with Crippen molar-refractivity contribution < 1.29 is 14.4 Å². The SMILES string of the molecule is CC(C)c1ccc(CCC(=O)NCc2ccc(C(=O)N3CCNC(=O)C3)cc2)cc1. The van der Waals surface area contributed by atoms with Crippen LogP contribution >= 0.6 is 0 Å². The van der Waals surface area contributed by atoms with E-state index in [1.165, 1.54) is 5.56 Å². The van der Waals surface area contributed by atoms with Crippen molar-refractivity contribution in [3.63, 3.8) is 0 Å². The zero-order valence-electron chi connectivity index (χ0n) is 17.6. The lowest BCUT2D eigenvalue weighted by molar-refractivity contribution is -0.123. The first kappa shape index (κ1) is 21.6. The topological polar surface area (TPSA) is 78.5 Å². The maximum absolute atomic E-state index is 12.5. The molecule has 1 aliphatic rings. The van der Waals surface area contributed by atoms with Crippen LogP contribution in [0.2, 0.25) is 0 Å². The van der Waals surface area contributed by atoms with Crippen molar-refractivity contribution in [3.8, 4) is 0 Å². The summed E-state index contributed by atoms with van der Waals surface area (Å²) in [5.41, 5.74) is 3.93. The summed E-state index contributed by atoms with van der Waals surface area (Å²) in [4.78, 5) is 37.6. The summed E-state index contributed by atoms with van der Waals surface area (Å²) in [6.07, 6.45) is 1.15.